The molecule has 0 amide bonds. The SMILES string of the molecule is CCCO[Si](C)(C)CCCCSSC(=S)N(CC)CC. The Bertz CT molecular complexity index is 261. The summed E-state index contributed by atoms with van der Waals surface area (Å²) in [5, 5.41) is 0. The van der Waals surface area contributed by atoms with Gasteiger partial charge in [-0.3, -0.25) is 0 Å². The highest BCUT2D eigenvalue weighted by atomic mass is 33.1. The third kappa shape index (κ3) is 10.5. The van der Waals surface area contributed by atoms with Gasteiger partial charge in [-0.15, -0.1) is 0 Å². The Hall–Kier alpha value is 0.767. The fraction of sp³-hybridized carbons (Fsp3) is 0.929. The minimum absolute atomic E-state index is 0.933. The zero-order valence-electron chi connectivity index (χ0n) is 13.7. The number of nitrogens with zero attached hydrogens (tertiary/aromatic N) is 1. The molecule has 0 aliphatic carbocycles. The summed E-state index contributed by atoms with van der Waals surface area (Å²) in [6, 6.07) is 1.28. The van der Waals surface area contributed by atoms with Crippen molar-refractivity contribution >= 4 is 46.4 Å². The normalized spacial score (nSPS) is 11.7. The van der Waals surface area contributed by atoms with Crippen LogP contribution in [0.15, 0.2) is 0 Å². The second-order valence-electron chi connectivity index (χ2n) is 5.41. The van der Waals surface area contributed by atoms with Gasteiger partial charge in [0.2, 0.25) is 0 Å². The second-order valence-corrected chi connectivity index (χ2v) is 12.8. The van der Waals surface area contributed by atoms with E-state index in [1.54, 1.807) is 10.8 Å². The molecule has 6 heteroatoms. The third-order valence-corrected chi connectivity index (χ3v) is 8.77. The maximum Gasteiger partial charge on any atom is 0.186 e. The molecule has 0 N–H and O–H groups in total. The van der Waals surface area contributed by atoms with Crippen LogP contribution in [0.1, 0.15) is 40.0 Å². The molecule has 0 heterocycles. The number of thiocarbonyl (C=S) groups is 1. The lowest BCUT2D eigenvalue weighted by Crippen LogP contribution is -2.30. The average molecular weight is 354 g/mol. The highest BCUT2D eigenvalue weighted by molar-refractivity contribution is 8.83. The molecule has 2 nitrogen and oxygen atoms in total. The molecule has 0 aliphatic heterocycles. The smallest absolute Gasteiger partial charge is 0.186 e. The van der Waals surface area contributed by atoms with Crippen molar-refractivity contribution in [3.05, 3.63) is 0 Å². The number of unbranched alkanes of at least 4 members (excludes halogenated alkanes) is 1. The highest BCUT2D eigenvalue weighted by Crippen LogP contribution is 2.27. The van der Waals surface area contributed by atoms with Gasteiger partial charge in [0.1, 0.15) is 4.32 Å². The fourth-order valence-electron chi connectivity index (χ4n) is 1.79. The zero-order valence-corrected chi connectivity index (χ0v) is 17.2. The Morgan fingerprint density at radius 1 is 1.15 bits per heavy atom. The van der Waals surface area contributed by atoms with E-state index < -0.39 is 8.32 Å². The molecule has 0 rings (SSSR count). The molecule has 0 saturated carbocycles. The van der Waals surface area contributed by atoms with Gasteiger partial charge in [0.15, 0.2) is 8.32 Å². The molecule has 0 saturated heterocycles. The van der Waals surface area contributed by atoms with Crippen molar-refractivity contribution in [1.29, 1.82) is 0 Å². The first-order valence-electron chi connectivity index (χ1n) is 7.69. The lowest BCUT2D eigenvalue weighted by Gasteiger charge is -2.22. The van der Waals surface area contributed by atoms with Crippen molar-refractivity contribution in [2.24, 2.45) is 0 Å². The number of hydrogen-bond donors (Lipinski definition) is 0. The van der Waals surface area contributed by atoms with Gasteiger partial charge < -0.3 is 9.33 Å². The van der Waals surface area contributed by atoms with Crippen LogP contribution >= 0.6 is 33.8 Å². The first-order valence-corrected chi connectivity index (χ1v) is 13.5. The Labute approximate surface area is 140 Å². The quantitative estimate of drug-likeness (QED) is 0.212. The summed E-state index contributed by atoms with van der Waals surface area (Å²) in [4.78, 5) is 2.24. The average Bonchev–Trinajstić information content (AvgIpc) is 2.42. The second kappa shape index (κ2) is 12.3. The maximum absolute atomic E-state index is 5.98. The van der Waals surface area contributed by atoms with Crippen LogP contribution in [0.2, 0.25) is 19.1 Å². The molecular formula is C14H31NOS3Si. The Morgan fingerprint density at radius 3 is 2.35 bits per heavy atom. The predicted octanol–water partition coefficient (Wildman–Crippen LogP) is 5.41. The van der Waals surface area contributed by atoms with Crippen LogP contribution in [-0.4, -0.2) is 43.0 Å². The van der Waals surface area contributed by atoms with Crippen molar-refractivity contribution in [3.8, 4) is 0 Å². The summed E-state index contributed by atoms with van der Waals surface area (Å²) >= 11 is 5.41. The lowest BCUT2D eigenvalue weighted by molar-refractivity contribution is 0.305. The molecule has 0 unspecified atom stereocenters. The molecule has 0 bridgehead atoms. The molecule has 0 radical (unpaired) electrons. The molecular weight excluding hydrogens is 322 g/mol. The molecule has 120 valence electrons. The molecule has 0 aromatic rings. The van der Waals surface area contributed by atoms with Gasteiger partial charge >= 0.3 is 0 Å². The zero-order chi connectivity index (χ0) is 15.4. The van der Waals surface area contributed by atoms with E-state index in [-0.39, 0.29) is 0 Å². The third-order valence-electron chi connectivity index (χ3n) is 3.11. The first-order chi connectivity index (χ1) is 9.46. The van der Waals surface area contributed by atoms with Crippen molar-refractivity contribution in [1.82, 2.24) is 4.90 Å². The summed E-state index contributed by atoms with van der Waals surface area (Å²) in [7, 11) is 2.27. The van der Waals surface area contributed by atoms with Gasteiger partial charge in [-0.1, -0.05) is 36.4 Å². The van der Waals surface area contributed by atoms with Crippen molar-refractivity contribution in [2.45, 2.75) is 59.2 Å². The van der Waals surface area contributed by atoms with Gasteiger partial charge in [-0.2, -0.15) is 0 Å². The van der Waals surface area contributed by atoms with Crippen LogP contribution in [-0.2, 0) is 4.43 Å². The summed E-state index contributed by atoms with van der Waals surface area (Å²) in [5.41, 5.74) is 0. The van der Waals surface area contributed by atoms with E-state index in [9.17, 15) is 0 Å². The van der Waals surface area contributed by atoms with Gasteiger partial charge in [-0.05, 0) is 56.6 Å². The van der Waals surface area contributed by atoms with Crippen LogP contribution in [0.3, 0.4) is 0 Å². The largest absolute Gasteiger partial charge is 0.417 e. The summed E-state index contributed by atoms with van der Waals surface area (Å²) < 4.78 is 7.01. The van der Waals surface area contributed by atoms with E-state index >= 15 is 0 Å². The van der Waals surface area contributed by atoms with E-state index in [0.29, 0.717) is 0 Å². The monoisotopic (exact) mass is 353 g/mol. The molecule has 0 fully saturated rings. The molecule has 0 atom stereocenters. The van der Waals surface area contributed by atoms with Crippen LogP contribution in [0.5, 0.6) is 0 Å². The van der Waals surface area contributed by atoms with Crippen LogP contribution in [0.25, 0.3) is 0 Å². The maximum atomic E-state index is 5.98. The highest BCUT2D eigenvalue weighted by Gasteiger charge is 2.20. The van der Waals surface area contributed by atoms with E-state index in [1.165, 1.54) is 24.6 Å². The molecule has 0 aromatic heterocycles. The van der Waals surface area contributed by atoms with E-state index in [0.717, 1.165) is 30.4 Å². The van der Waals surface area contributed by atoms with Crippen molar-refractivity contribution in [2.75, 3.05) is 25.4 Å². The van der Waals surface area contributed by atoms with E-state index in [1.807, 2.05) is 10.8 Å². The molecule has 0 spiro atoms. The van der Waals surface area contributed by atoms with Gasteiger partial charge in [0.25, 0.3) is 0 Å². The van der Waals surface area contributed by atoms with Crippen molar-refractivity contribution < 1.29 is 4.43 Å². The van der Waals surface area contributed by atoms with E-state index in [2.05, 4.69) is 38.8 Å². The lowest BCUT2D eigenvalue weighted by atomic mass is 10.4. The van der Waals surface area contributed by atoms with Gasteiger partial charge in [-0.25, -0.2) is 0 Å². The number of hydrogen-bond acceptors (Lipinski definition) is 4. The molecule has 20 heavy (non-hydrogen) atoms. The Morgan fingerprint density at radius 2 is 1.80 bits per heavy atom. The Balaban J connectivity index is 3.60. The summed E-state index contributed by atoms with van der Waals surface area (Å²) in [5.74, 6) is 1.18. The van der Waals surface area contributed by atoms with Crippen LogP contribution < -0.4 is 0 Å². The number of rotatable bonds is 11. The topological polar surface area (TPSA) is 12.5 Å². The van der Waals surface area contributed by atoms with Gasteiger partial charge in [0, 0.05) is 25.4 Å². The van der Waals surface area contributed by atoms with Crippen LogP contribution in [0.4, 0.5) is 0 Å². The standard InChI is InChI=1S/C14H31NOS3Si/c1-6-11-16-20(4,5)13-10-9-12-18-19-14(17)15(7-2)8-3/h6-13H2,1-5H3. The van der Waals surface area contributed by atoms with E-state index in [4.69, 9.17) is 16.6 Å². The summed E-state index contributed by atoms with van der Waals surface area (Å²) in [6.45, 7) is 14.1. The van der Waals surface area contributed by atoms with Crippen molar-refractivity contribution in [3.63, 3.8) is 0 Å². The fourth-order valence-corrected chi connectivity index (χ4v) is 6.57. The van der Waals surface area contributed by atoms with Crippen LogP contribution in [0, 0.1) is 0 Å². The molecule has 0 aromatic carbocycles. The minimum Gasteiger partial charge on any atom is -0.417 e. The Kier molecular flexibility index (Phi) is 12.8. The predicted molar refractivity (Wildman–Crippen MR) is 103 cm³/mol. The molecule has 0 aliphatic rings. The first kappa shape index (κ1) is 20.8. The minimum atomic E-state index is -1.39. The van der Waals surface area contributed by atoms with Gasteiger partial charge in [0.05, 0.1) is 0 Å². The summed E-state index contributed by atoms with van der Waals surface area (Å²) in [6.07, 6.45) is 3.69.